The zero-order valence-corrected chi connectivity index (χ0v) is 17.9. The Morgan fingerprint density at radius 1 is 1.22 bits per heavy atom. The van der Waals surface area contributed by atoms with Crippen LogP contribution < -0.4 is 15.5 Å². The molecule has 0 aliphatic carbocycles. The summed E-state index contributed by atoms with van der Waals surface area (Å²) in [6.07, 6.45) is 6.52. The molecule has 1 aromatic carbocycles. The number of aromatic nitrogens is 1. The number of carbonyl (C=O) groups is 1. The minimum Gasteiger partial charge on any atom is -0.348 e. The molecule has 0 radical (unpaired) electrons. The Morgan fingerprint density at radius 3 is 2.70 bits per heavy atom. The van der Waals surface area contributed by atoms with E-state index in [-0.39, 0.29) is 30.7 Å². The van der Waals surface area contributed by atoms with Crippen LogP contribution in [-0.4, -0.2) is 37.1 Å². The highest BCUT2D eigenvalue weighted by Gasteiger charge is 2.17. The average Bonchev–Trinajstić information content (AvgIpc) is 3.30. The van der Waals surface area contributed by atoms with Crippen molar-refractivity contribution in [1.82, 2.24) is 10.3 Å². The van der Waals surface area contributed by atoms with E-state index in [4.69, 9.17) is 4.98 Å². The van der Waals surface area contributed by atoms with Crippen molar-refractivity contribution in [3.05, 3.63) is 18.2 Å². The number of nitrogens with one attached hydrogen (secondary N) is 2. The largest absolute Gasteiger partial charge is 0.348 e. The Labute approximate surface area is 177 Å². The van der Waals surface area contributed by atoms with Gasteiger partial charge in [0.05, 0.1) is 10.2 Å². The van der Waals surface area contributed by atoms with Crippen molar-refractivity contribution in [3.63, 3.8) is 0 Å². The van der Waals surface area contributed by atoms with Crippen LogP contribution in [0.15, 0.2) is 18.2 Å². The van der Waals surface area contributed by atoms with Gasteiger partial charge in [0.25, 0.3) is 0 Å². The van der Waals surface area contributed by atoms with Crippen molar-refractivity contribution in [3.8, 4) is 0 Å². The van der Waals surface area contributed by atoms with Crippen molar-refractivity contribution >= 4 is 63.1 Å². The van der Waals surface area contributed by atoms with Crippen LogP contribution in [0, 0.1) is 5.92 Å². The van der Waals surface area contributed by atoms with E-state index in [9.17, 15) is 4.79 Å². The van der Waals surface area contributed by atoms with Crippen LogP contribution in [0.1, 0.15) is 38.5 Å². The second-order valence-electron chi connectivity index (χ2n) is 7.15. The van der Waals surface area contributed by atoms with E-state index in [1.165, 1.54) is 25.7 Å². The van der Waals surface area contributed by atoms with E-state index in [2.05, 4.69) is 21.6 Å². The molecule has 0 spiro atoms. The molecular weight excluding hydrogens is 403 g/mol. The van der Waals surface area contributed by atoms with Gasteiger partial charge in [-0.1, -0.05) is 11.3 Å². The summed E-state index contributed by atoms with van der Waals surface area (Å²) in [4.78, 5) is 19.4. The number of rotatable bonds is 5. The van der Waals surface area contributed by atoms with E-state index in [0.717, 1.165) is 53.6 Å². The fourth-order valence-electron chi connectivity index (χ4n) is 3.76. The number of amides is 1. The first kappa shape index (κ1) is 22.2. The fourth-order valence-corrected chi connectivity index (χ4v) is 4.82. The van der Waals surface area contributed by atoms with Gasteiger partial charge >= 0.3 is 0 Å². The number of thiazole rings is 1. The van der Waals surface area contributed by atoms with Crippen LogP contribution in [0.4, 0.5) is 10.8 Å². The number of fused-ring (bicyclic) bond motifs is 1. The smallest absolute Gasteiger partial charge is 0.224 e. The number of hydrogen-bond acceptors (Lipinski definition) is 5. The zero-order valence-electron chi connectivity index (χ0n) is 15.4. The second-order valence-corrected chi connectivity index (χ2v) is 8.16. The Hall–Kier alpha value is -1.08. The lowest BCUT2D eigenvalue weighted by Crippen LogP contribution is -2.28. The van der Waals surface area contributed by atoms with Gasteiger partial charge < -0.3 is 15.5 Å². The molecule has 1 aromatic heterocycles. The summed E-state index contributed by atoms with van der Waals surface area (Å²) in [5.74, 6) is 0.821. The molecule has 150 valence electrons. The molecule has 0 atom stereocenters. The molecule has 2 aliphatic rings. The number of carbonyl (C=O) groups excluding carboxylic acids is 1. The van der Waals surface area contributed by atoms with Gasteiger partial charge in [0.15, 0.2) is 5.13 Å². The molecule has 2 saturated heterocycles. The van der Waals surface area contributed by atoms with Gasteiger partial charge in [-0.05, 0) is 69.3 Å². The highest BCUT2D eigenvalue weighted by Crippen LogP contribution is 2.32. The van der Waals surface area contributed by atoms with Gasteiger partial charge in [-0.15, -0.1) is 24.8 Å². The maximum Gasteiger partial charge on any atom is 0.224 e. The fraction of sp³-hybridized carbons (Fsp3) is 0.579. The molecule has 2 fully saturated rings. The highest BCUT2D eigenvalue weighted by atomic mass is 35.5. The summed E-state index contributed by atoms with van der Waals surface area (Å²) in [7, 11) is 0. The van der Waals surface area contributed by atoms with E-state index < -0.39 is 0 Å². The van der Waals surface area contributed by atoms with Crippen molar-refractivity contribution in [2.24, 2.45) is 5.92 Å². The Bertz CT molecular complexity index is 742. The standard InChI is InChI=1S/C19H26N4OS.2ClH/c24-18(6-3-14-7-9-20-10-8-14)21-15-4-5-16-17(13-15)25-19(22-16)23-11-1-2-12-23;;/h4-5,13-14,20H,1-3,6-12H2,(H,21,24);2*1H. The molecular formula is C19H28Cl2N4OS. The Morgan fingerprint density at radius 2 is 1.96 bits per heavy atom. The minimum atomic E-state index is 0. The monoisotopic (exact) mass is 430 g/mol. The predicted molar refractivity (Wildman–Crippen MR) is 119 cm³/mol. The van der Waals surface area contributed by atoms with Crippen LogP contribution in [0.5, 0.6) is 0 Å². The molecule has 8 heteroatoms. The molecule has 2 N–H and O–H groups in total. The number of nitrogens with zero attached hydrogens (tertiary/aromatic N) is 2. The number of anilines is 2. The topological polar surface area (TPSA) is 57.3 Å². The van der Waals surface area contributed by atoms with Crippen molar-refractivity contribution in [2.45, 2.75) is 38.5 Å². The third-order valence-electron chi connectivity index (χ3n) is 5.28. The molecule has 27 heavy (non-hydrogen) atoms. The molecule has 1 amide bonds. The van der Waals surface area contributed by atoms with E-state index in [1.807, 2.05) is 12.1 Å². The van der Waals surface area contributed by atoms with Gasteiger partial charge in [-0.25, -0.2) is 4.98 Å². The van der Waals surface area contributed by atoms with Gasteiger partial charge in [-0.3, -0.25) is 4.79 Å². The molecule has 5 nitrogen and oxygen atoms in total. The zero-order chi connectivity index (χ0) is 17.1. The molecule has 3 heterocycles. The van der Waals surface area contributed by atoms with Gasteiger partial charge in [0.2, 0.25) is 5.91 Å². The Kier molecular flexibility index (Phi) is 8.61. The quantitative estimate of drug-likeness (QED) is 0.734. The molecule has 0 saturated carbocycles. The maximum absolute atomic E-state index is 12.3. The molecule has 0 bridgehead atoms. The first-order valence-corrected chi connectivity index (χ1v) is 10.3. The number of halogens is 2. The molecule has 0 unspecified atom stereocenters. The second kappa shape index (κ2) is 10.5. The summed E-state index contributed by atoms with van der Waals surface area (Å²) in [5, 5.41) is 7.55. The average molecular weight is 431 g/mol. The maximum atomic E-state index is 12.3. The van der Waals surface area contributed by atoms with Crippen molar-refractivity contribution in [1.29, 1.82) is 0 Å². The third-order valence-corrected chi connectivity index (χ3v) is 6.35. The van der Waals surface area contributed by atoms with Gasteiger partial charge in [0.1, 0.15) is 0 Å². The molecule has 2 aliphatic heterocycles. The normalized spacial score (nSPS) is 17.4. The Balaban J connectivity index is 0.00000131. The number of hydrogen-bond donors (Lipinski definition) is 2. The van der Waals surface area contributed by atoms with Crippen LogP contribution in [0.3, 0.4) is 0 Å². The summed E-state index contributed by atoms with van der Waals surface area (Å²) in [5.41, 5.74) is 1.92. The highest BCUT2D eigenvalue weighted by molar-refractivity contribution is 7.22. The predicted octanol–water partition coefficient (Wildman–Crippen LogP) is 4.46. The lowest BCUT2D eigenvalue weighted by atomic mass is 9.93. The van der Waals surface area contributed by atoms with Crippen molar-refractivity contribution < 1.29 is 4.79 Å². The van der Waals surface area contributed by atoms with E-state index in [0.29, 0.717) is 12.3 Å². The SMILES string of the molecule is Cl.Cl.O=C(CCC1CCNCC1)Nc1ccc2nc(N3CCCC3)sc2c1. The van der Waals surface area contributed by atoms with Crippen LogP contribution in [0.25, 0.3) is 10.2 Å². The lowest BCUT2D eigenvalue weighted by Gasteiger charge is -2.22. The summed E-state index contributed by atoms with van der Waals surface area (Å²) in [6.45, 7) is 4.40. The van der Waals surface area contributed by atoms with Crippen molar-refractivity contribution in [2.75, 3.05) is 36.4 Å². The minimum absolute atomic E-state index is 0. The number of piperidine rings is 1. The van der Waals surface area contributed by atoms with Crippen LogP contribution >= 0.6 is 36.2 Å². The molecule has 2 aromatic rings. The van der Waals surface area contributed by atoms with E-state index >= 15 is 0 Å². The third kappa shape index (κ3) is 5.70. The van der Waals surface area contributed by atoms with Crippen LogP contribution in [-0.2, 0) is 4.79 Å². The van der Waals surface area contributed by atoms with Crippen LogP contribution in [0.2, 0.25) is 0 Å². The first-order chi connectivity index (χ1) is 12.3. The summed E-state index contributed by atoms with van der Waals surface area (Å²) >= 11 is 1.73. The lowest BCUT2D eigenvalue weighted by molar-refractivity contribution is -0.116. The summed E-state index contributed by atoms with van der Waals surface area (Å²) < 4.78 is 1.15. The summed E-state index contributed by atoms with van der Waals surface area (Å²) in [6, 6.07) is 6.06. The van der Waals surface area contributed by atoms with Gasteiger partial charge in [-0.2, -0.15) is 0 Å². The first-order valence-electron chi connectivity index (χ1n) is 9.44. The number of benzene rings is 1. The van der Waals surface area contributed by atoms with Gasteiger partial charge in [0, 0.05) is 25.2 Å². The van der Waals surface area contributed by atoms with E-state index in [1.54, 1.807) is 11.3 Å². The molecule has 4 rings (SSSR count).